The van der Waals surface area contributed by atoms with Crippen LogP contribution in [0.3, 0.4) is 0 Å². The maximum atomic E-state index is 12.8. The Balaban J connectivity index is 1.99. The van der Waals surface area contributed by atoms with Crippen molar-refractivity contribution in [2.24, 2.45) is 7.05 Å². The first-order valence-electron chi connectivity index (χ1n) is 7.20. The fraction of sp³-hybridized carbons (Fsp3) is 0.500. The lowest BCUT2D eigenvalue weighted by atomic mass is 10.2. The summed E-state index contributed by atoms with van der Waals surface area (Å²) in [5, 5.41) is 0.0753. The molecule has 0 aromatic carbocycles. The lowest BCUT2D eigenvalue weighted by Crippen LogP contribution is -2.32. The van der Waals surface area contributed by atoms with Crippen LogP contribution in [0.25, 0.3) is 0 Å². The van der Waals surface area contributed by atoms with E-state index in [0.29, 0.717) is 12.4 Å². The fourth-order valence-corrected chi connectivity index (χ4v) is 4.45. The molecule has 1 saturated heterocycles. The number of sulfonamides is 1. The molecule has 2 aromatic rings. The summed E-state index contributed by atoms with van der Waals surface area (Å²) >= 11 is 0. The summed E-state index contributed by atoms with van der Waals surface area (Å²) < 4.78 is 28.7. The largest absolute Gasteiger partial charge is 0.339 e. The van der Waals surface area contributed by atoms with Crippen molar-refractivity contribution in [2.45, 2.75) is 37.8 Å². The zero-order valence-corrected chi connectivity index (χ0v) is 13.7. The molecule has 1 aliphatic heterocycles. The second-order valence-electron chi connectivity index (χ2n) is 5.66. The zero-order valence-electron chi connectivity index (χ0n) is 12.9. The lowest BCUT2D eigenvalue weighted by Gasteiger charge is -2.22. The molecule has 3 heterocycles. The van der Waals surface area contributed by atoms with Crippen molar-refractivity contribution in [3.63, 3.8) is 0 Å². The summed E-state index contributed by atoms with van der Waals surface area (Å²) in [6.07, 6.45) is 4.54. The van der Waals surface area contributed by atoms with E-state index >= 15 is 0 Å². The highest BCUT2D eigenvalue weighted by Crippen LogP contribution is 2.34. The minimum Gasteiger partial charge on any atom is -0.339 e. The van der Waals surface area contributed by atoms with Crippen molar-refractivity contribution in [1.82, 2.24) is 23.8 Å². The molecule has 1 aliphatic rings. The van der Waals surface area contributed by atoms with Gasteiger partial charge in [0.05, 0.1) is 12.4 Å². The first-order chi connectivity index (χ1) is 10.4. The average Bonchev–Trinajstić information content (AvgIpc) is 3.06. The van der Waals surface area contributed by atoms with Gasteiger partial charge in [-0.05, 0) is 32.8 Å². The molecule has 3 rings (SSSR count). The predicted octanol–water partition coefficient (Wildman–Crippen LogP) is 1.35. The van der Waals surface area contributed by atoms with Gasteiger partial charge in [0.25, 0.3) is 10.0 Å². The van der Waals surface area contributed by atoms with E-state index in [-0.39, 0.29) is 11.1 Å². The molecule has 1 fully saturated rings. The molecular formula is C14H19N5O2S. The fourth-order valence-electron chi connectivity index (χ4n) is 2.83. The SMILES string of the molecule is Cc1cc(C)nc([C@H]2CCCN2S(=O)(=O)c2cn(C)cn2)n1. The second-order valence-corrected chi connectivity index (χ2v) is 7.50. The third kappa shape index (κ3) is 2.64. The lowest BCUT2D eigenvalue weighted by molar-refractivity contribution is 0.381. The molecule has 0 bridgehead atoms. The van der Waals surface area contributed by atoms with E-state index in [9.17, 15) is 8.42 Å². The van der Waals surface area contributed by atoms with Crippen LogP contribution in [0, 0.1) is 13.8 Å². The van der Waals surface area contributed by atoms with Gasteiger partial charge in [-0.3, -0.25) is 0 Å². The summed E-state index contributed by atoms with van der Waals surface area (Å²) in [5.74, 6) is 0.578. The molecule has 118 valence electrons. The molecule has 0 unspecified atom stereocenters. The Morgan fingerprint density at radius 2 is 1.91 bits per heavy atom. The Kier molecular flexibility index (Phi) is 3.73. The standard InChI is InChI=1S/C14H19N5O2S/c1-10-7-11(2)17-14(16-10)12-5-4-6-19(12)22(20,21)13-8-18(3)9-15-13/h7-9,12H,4-6H2,1-3H3/t12-/m1/s1. The number of aryl methyl sites for hydroxylation is 3. The highest BCUT2D eigenvalue weighted by molar-refractivity contribution is 7.89. The highest BCUT2D eigenvalue weighted by Gasteiger charge is 2.38. The van der Waals surface area contributed by atoms with Crippen LogP contribution >= 0.6 is 0 Å². The molecule has 2 aromatic heterocycles. The van der Waals surface area contributed by atoms with Crippen molar-refractivity contribution < 1.29 is 8.42 Å². The normalized spacial score (nSPS) is 19.7. The quantitative estimate of drug-likeness (QED) is 0.852. The number of hydrogen-bond acceptors (Lipinski definition) is 5. The minimum atomic E-state index is -3.62. The first kappa shape index (κ1) is 15.1. The number of imidazole rings is 1. The molecule has 0 aliphatic carbocycles. The molecule has 1 atom stereocenters. The number of aromatic nitrogens is 4. The van der Waals surface area contributed by atoms with Gasteiger partial charge in [0, 0.05) is 31.2 Å². The average molecular weight is 321 g/mol. The predicted molar refractivity (Wildman–Crippen MR) is 80.6 cm³/mol. The van der Waals surface area contributed by atoms with Gasteiger partial charge in [-0.2, -0.15) is 4.31 Å². The maximum Gasteiger partial charge on any atom is 0.262 e. The van der Waals surface area contributed by atoms with Crippen molar-refractivity contribution >= 4 is 10.0 Å². The van der Waals surface area contributed by atoms with Crippen LogP contribution in [-0.2, 0) is 17.1 Å². The van der Waals surface area contributed by atoms with E-state index in [1.165, 1.54) is 16.8 Å². The molecule has 0 amide bonds. The van der Waals surface area contributed by atoms with E-state index in [0.717, 1.165) is 24.2 Å². The number of rotatable bonds is 3. The van der Waals surface area contributed by atoms with Crippen molar-refractivity contribution in [1.29, 1.82) is 0 Å². The maximum absolute atomic E-state index is 12.8. The second kappa shape index (κ2) is 5.44. The van der Waals surface area contributed by atoms with Crippen LogP contribution in [0.4, 0.5) is 0 Å². The van der Waals surface area contributed by atoms with Crippen molar-refractivity contribution in [3.8, 4) is 0 Å². The summed E-state index contributed by atoms with van der Waals surface area (Å²) in [6, 6.07) is 1.57. The molecule has 0 spiro atoms. The third-order valence-electron chi connectivity index (χ3n) is 3.76. The Hall–Kier alpha value is -1.80. The molecule has 0 radical (unpaired) electrons. The summed E-state index contributed by atoms with van der Waals surface area (Å²) in [6.45, 7) is 4.26. The topological polar surface area (TPSA) is 81.0 Å². The Morgan fingerprint density at radius 3 is 2.50 bits per heavy atom. The Morgan fingerprint density at radius 1 is 1.23 bits per heavy atom. The van der Waals surface area contributed by atoms with E-state index < -0.39 is 10.0 Å². The van der Waals surface area contributed by atoms with Gasteiger partial charge in [-0.15, -0.1) is 0 Å². The smallest absolute Gasteiger partial charge is 0.262 e. The molecule has 8 heteroatoms. The van der Waals surface area contributed by atoms with Crippen LogP contribution in [0.5, 0.6) is 0 Å². The van der Waals surface area contributed by atoms with Crippen LogP contribution in [0.2, 0.25) is 0 Å². The van der Waals surface area contributed by atoms with Gasteiger partial charge in [0.15, 0.2) is 5.03 Å². The molecule has 0 saturated carbocycles. The van der Waals surface area contributed by atoms with E-state index in [2.05, 4.69) is 15.0 Å². The molecular weight excluding hydrogens is 302 g/mol. The first-order valence-corrected chi connectivity index (χ1v) is 8.64. The highest BCUT2D eigenvalue weighted by atomic mass is 32.2. The van der Waals surface area contributed by atoms with Crippen LogP contribution in [0.1, 0.15) is 36.1 Å². The molecule has 0 N–H and O–H groups in total. The van der Waals surface area contributed by atoms with Crippen LogP contribution in [0.15, 0.2) is 23.6 Å². The van der Waals surface area contributed by atoms with Gasteiger partial charge in [0.1, 0.15) is 5.82 Å². The van der Waals surface area contributed by atoms with Gasteiger partial charge in [-0.25, -0.2) is 23.4 Å². The van der Waals surface area contributed by atoms with E-state index in [1.54, 1.807) is 11.6 Å². The van der Waals surface area contributed by atoms with Crippen LogP contribution in [-0.4, -0.2) is 38.8 Å². The molecule has 7 nitrogen and oxygen atoms in total. The Bertz CT molecular complexity index is 779. The van der Waals surface area contributed by atoms with Gasteiger partial charge >= 0.3 is 0 Å². The number of hydrogen-bond donors (Lipinski definition) is 0. The zero-order chi connectivity index (χ0) is 15.9. The van der Waals surface area contributed by atoms with E-state index in [4.69, 9.17) is 0 Å². The Labute approximate surface area is 130 Å². The number of nitrogens with zero attached hydrogens (tertiary/aromatic N) is 5. The van der Waals surface area contributed by atoms with Gasteiger partial charge in [0.2, 0.25) is 0 Å². The summed E-state index contributed by atoms with van der Waals surface area (Å²) in [5.41, 5.74) is 1.70. The summed E-state index contributed by atoms with van der Waals surface area (Å²) in [7, 11) is -1.87. The van der Waals surface area contributed by atoms with Gasteiger partial charge in [-0.1, -0.05) is 0 Å². The van der Waals surface area contributed by atoms with Crippen molar-refractivity contribution in [2.75, 3.05) is 6.54 Å². The minimum absolute atomic E-state index is 0.0753. The summed E-state index contributed by atoms with van der Waals surface area (Å²) in [4.78, 5) is 12.9. The van der Waals surface area contributed by atoms with E-state index in [1.807, 2.05) is 19.9 Å². The van der Waals surface area contributed by atoms with Crippen LogP contribution < -0.4 is 0 Å². The van der Waals surface area contributed by atoms with Crippen molar-refractivity contribution in [3.05, 3.63) is 35.8 Å². The molecule has 22 heavy (non-hydrogen) atoms. The van der Waals surface area contributed by atoms with Gasteiger partial charge < -0.3 is 4.57 Å². The monoisotopic (exact) mass is 321 g/mol. The third-order valence-corrected chi connectivity index (χ3v) is 5.55.